The number of aliphatic hydroxyl groups is 1. The molecule has 0 heterocycles. The van der Waals surface area contributed by atoms with E-state index >= 15 is 0 Å². The topological polar surface area (TPSA) is 145 Å². The monoisotopic (exact) mass is 245 g/mol. The van der Waals surface area contributed by atoms with E-state index in [4.69, 9.17) is 10.2 Å². The van der Waals surface area contributed by atoms with Crippen LogP contribution in [0.25, 0.3) is 0 Å². The van der Waals surface area contributed by atoms with Crippen LogP contribution in [0.4, 0.5) is 0 Å². The Bertz CT molecular complexity index is 263. The molecule has 15 heavy (non-hydrogen) atoms. The van der Waals surface area contributed by atoms with Crippen molar-refractivity contribution in [3.63, 3.8) is 0 Å². The van der Waals surface area contributed by atoms with Gasteiger partial charge in [-0.05, 0) is 6.42 Å². The van der Waals surface area contributed by atoms with E-state index in [9.17, 15) is 13.2 Å². The SMILES string of the molecule is N.O=C(O)CCCOS(=O)(=O)OCCO. The standard InChI is InChI=1S/C6H12O7S.H3N/c7-3-5-13-14(10,11)12-4-1-2-6(8)9;/h7H,1-5H2,(H,8,9);1H3. The van der Waals surface area contributed by atoms with Crippen molar-refractivity contribution >= 4 is 16.4 Å². The summed E-state index contributed by atoms with van der Waals surface area (Å²) in [6, 6.07) is 0. The van der Waals surface area contributed by atoms with E-state index in [1.807, 2.05) is 0 Å². The quantitative estimate of drug-likeness (QED) is 0.475. The highest BCUT2D eigenvalue weighted by atomic mass is 32.3. The van der Waals surface area contributed by atoms with Gasteiger partial charge in [-0.2, -0.15) is 8.42 Å². The van der Waals surface area contributed by atoms with E-state index in [-0.39, 0.29) is 32.2 Å². The Morgan fingerprint density at radius 2 is 1.73 bits per heavy atom. The summed E-state index contributed by atoms with van der Waals surface area (Å²) in [7, 11) is -4.09. The Morgan fingerprint density at radius 3 is 2.20 bits per heavy atom. The fourth-order valence-electron chi connectivity index (χ4n) is 0.558. The second-order valence-electron chi connectivity index (χ2n) is 2.27. The van der Waals surface area contributed by atoms with Crippen molar-refractivity contribution in [2.24, 2.45) is 0 Å². The molecule has 0 saturated carbocycles. The molecule has 5 N–H and O–H groups in total. The molecule has 0 aromatic heterocycles. The predicted octanol–water partition coefficient (Wildman–Crippen LogP) is -0.716. The third kappa shape index (κ3) is 11.2. The Kier molecular flexibility index (Phi) is 9.52. The van der Waals surface area contributed by atoms with Crippen LogP contribution in [0.3, 0.4) is 0 Å². The van der Waals surface area contributed by atoms with Gasteiger partial charge in [-0.3, -0.25) is 4.79 Å². The number of hydrogen-bond donors (Lipinski definition) is 3. The minimum atomic E-state index is -4.09. The van der Waals surface area contributed by atoms with Gasteiger partial charge in [0.05, 0.1) is 19.8 Å². The molecule has 0 spiro atoms. The maximum atomic E-state index is 10.7. The van der Waals surface area contributed by atoms with Crippen molar-refractivity contribution in [3.8, 4) is 0 Å². The van der Waals surface area contributed by atoms with Gasteiger partial charge in [0.1, 0.15) is 0 Å². The Balaban J connectivity index is 0. The summed E-state index contributed by atoms with van der Waals surface area (Å²) in [5, 5.41) is 16.5. The van der Waals surface area contributed by atoms with Gasteiger partial charge in [-0.25, -0.2) is 8.37 Å². The summed E-state index contributed by atoms with van der Waals surface area (Å²) >= 11 is 0. The zero-order chi connectivity index (χ0) is 11.0. The molecule has 0 aromatic rings. The van der Waals surface area contributed by atoms with Gasteiger partial charge in [0.15, 0.2) is 0 Å². The lowest BCUT2D eigenvalue weighted by molar-refractivity contribution is -0.137. The molecule has 92 valence electrons. The number of carboxylic acid groups (broad SMARTS) is 1. The van der Waals surface area contributed by atoms with Crippen molar-refractivity contribution < 1.29 is 31.8 Å². The van der Waals surface area contributed by atoms with E-state index in [2.05, 4.69) is 8.37 Å². The lowest BCUT2D eigenvalue weighted by Crippen LogP contribution is -2.14. The zero-order valence-corrected chi connectivity index (χ0v) is 8.90. The summed E-state index contributed by atoms with van der Waals surface area (Å²) in [6.45, 7) is -1.06. The van der Waals surface area contributed by atoms with Gasteiger partial charge < -0.3 is 16.4 Å². The molecule has 0 amide bonds. The van der Waals surface area contributed by atoms with E-state index in [1.54, 1.807) is 0 Å². The van der Waals surface area contributed by atoms with Crippen LogP contribution in [0.15, 0.2) is 0 Å². The largest absolute Gasteiger partial charge is 0.481 e. The highest BCUT2D eigenvalue weighted by Crippen LogP contribution is 1.98. The van der Waals surface area contributed by atoms with Gasteiger partial charge in [-0.15, -0.1) is 0 Å². The van der Waals surface area contributed by atoms with Crippen LogP contribution in [-0.2, 0) is 23.6 Å². The second kappa shape index (κ2) is 8.56. The molecule has 0 rings (SSSR count). The zero-order valence-electron chi connectivity index (χ0n) is 8.09. The predicted molar refractivity (Wildman–Crippen MR) is 49.8 cm³/mol. The van der Waals surface area contributed by atoms with Crippen LogP contribution in [0, 0.1) is 0 Å². The van der Waals surface area contributed by atoms with E-state index in [1.165, 1.54) is 0 Å². The van der Waals surface area contributed by atoms with Crippen LogP contribution >= 0.6 is 0 Å². The fraction of sp³-hybridized carbons (Fsp3) is 0.833. The number of aliphatic hydroxyl groups excluding tert-OH is 1. The molecule has 0 bridgehead atoms. The van der Waals surface area contributed by atoms with Crippen LogP contribution in [0.1, 0.15) is 12.8 Å². The van der Waals surface area contributed by atoms with Crippen molar-refractivity contribution in [3.05, 3.63) is 0 Å². The normalized spacial score (nSPS) is 10.7. The summed E-state index contributed by atoms with van der Waals surface area (Å²) in [5.41, 5.74) is 0. The molecule has 8 nitrogen and oxygen atoms in total. The number of carbonyl (C=O) groups is 1. The first-order valence-corrected chi connectivity index (χ1v) is 5.17. The first kappa shape index (κ1) is 16.7. The maximum Gasteiger partial charge on any atom is 0.399 e. The van der Waals surface area contributed by atoms with E-state index in [0.29, 0.717) is 0 Å². The minimum Gasteiger partial charge on any atom is -0.481 e. The molecule has 0 aliphatic heterocycles. The van der Waals surface area contributed by atoms with Gasteiger partial charge in [0.25, 0.3) is 0 Å². The molecular weight excluding hydrogens is 230 g/mol. The third-order valence-corrected chi connectivity index (χ3v) is 1.99. The van der Waals surface area contributed by atoms with Crippen molar-refractivity contribution in [2.75, 3.05) is 19.8 Å². The maximum absolute atomic E-state index is 10.7. The molecule has 0 radical (unpaired) electrons. The van der Waals surface area contributed by atoms with Gasteiger partial charge in [-0.1, -0.05) is 0 Å². The second-order valence-corrected chi connectivity index (χ2v) is 3.56. The van der Waals surface area contributed by atoms with Crippen molar-refractivity contribution in [2.45, 2.75) is 12.8 Å². The lowest BCUT2D eigenvalue weighted by atomic mass is 10.3. The van der Waals surface area contributed by atoms with Crippen LogP contribution in [0.2, 0.25) is 0 Å². The average Bonchev–Trinajstić information content (AvgIpc) is 2.09. The van der Waals surface area contributed by atoms with Crippen LogP contribution < -0.4 is 6.15 Å². The molecular formula is C6H15NO7S. The molecule has 0 aliphatic rings. The molecule has 9 heteroatoms. The van der Waals surface area contributed by atoms with Crippen molar-refractivity contribution in [1.82, 2.24) is 6.15 Å². The summed E-state index contributed by atoms with van der Waals surface area (Å²) < 4.78 is 29.9. The summed E-state index contributed by atoms with van der Waals surface area (Å²) in [5.74, 6) is -1.03. The van der Waals surface area contributed by atoms with Gasteiger partial charge in [0.2, 0.25) is 0 Å². The highest BCUT2D eigenvalue weighted by Gasteiger charge is 2.11. The average molecular weight is 245 g/mol. The third-order valence-electron chi connectivity index (χ3n) is 1.08. The molecule has 0 aromatic carbocycles. The fourth-order valence-corrected chi connectivity index (χ4v) is 1.23. The Labute approximate surface area is 87.7 Å². The van der Waals surface area contributed by atoms with Crippen LogP contribution in [0.5, 0.6) is 0 Å². The number of carboxylic acids is 1. The molecule has 0 aliphatic carbocycles. The Morgan fingerprint density at radius 1 is 1.20 bits per heavy atom. The highest BCUT2D eigenvalue weighted by molar-refractivity contribution is 7.81. The summed E-state index contributed by atoms with van der Waals surface area (Å²) in [4.78, 5) is 10.0. The molecule has 0 atom stereocenters. The minimum absolute atomic E-state index is 0. The Hall–Kier alpha value is -0.740. The number of aliphatic carboxylic acids is 1. The van der Waals surface area contributed by atoms with E-state index < -0.39 is 23.0 Å². The van der Waals surface area contributed by atoms with Crippen molar-refractivity contribution in [1.29, 1.82) is 0 Å². The number of rotatable bonds is 8. The summed E-state index contributed by atoms with van der Waals surface area (Å²) in [6.07, 6.45) is -0.0907. The molecule has 0 fully saturated rings. The van der Waals surface area contributed by atoms with Gasteiger partial charge in [0, 0.05) is 6.42 Å². The molecule has 0 unspecified atom stereocenters. The van der Waals surface area contributed by atoms with Crippen LogP contribution in [-0.4, -0.2) is 44.4 Å². The van der Waals surface area contributed by atoms with Gasteiger partial charge >= 0.3 is 16.4 Å². The number of hydrogen-bond acceptors (Lipinski definition) is 7. The lowest BCUT2D eigenvalue weighted by Gasteiger charge is -2.03. The smallest absolute Gasteiger partial charge is 0.399 e. The van der Waals surface area contributed by atoms with E-state index in [0.717, 1.165) is 0 Å². The first-order chi connectivity index (χ1) is 6.48. The molecule has 0 saturated heterocycles. The first-order valence-electron chi connectivity index (χ1n) is 3.84.